The van der Waals surface area contributed by atoms with E-state index in [1.165, 1.54) is 12.1 Å². The third-order valence-corrected chi connectivity index (χ3v) is 6.65. The fourth-order valence-corrected chi connectivity index (χ4v) is 5.10. The molecule has 1 aliphatic heterocycles. The van der Waals surface area contributed by atoms with Crippen molar-refractivity contribution < 1.29 is 8.42 Å². The van der Waals surface area contributed by atoms with Crippen LogP contribution in [0.2, 0.25) is 10.0 Å². The highest BCUT2D eigenvalue weighted by atomic mass is 35.5. The lowest BCUT2D eigenvalue weighted by molar-refractivity contribution is 0.476. The molecule has 0 atom stereocenters. The van der Waals surface area contributed by atoms with Crippen LogP contribution in [-0.4, -0.2) is 26.5 Å². The summed E-state index contributed by atoms with van der Waals surface area (Å²) in [6.45, 7) is 0.432. The predicted molar refractivity (Wildman–Crippen MR) is 86.1 cm³/mol. The second kappa shape index (κ2) is 6.75. The Morgan fingerprint density at radius 1 is 1.30 bits per heavy atom. The molecule has 112 valence electrons. The van der Waals surface area contributed by atoms with Gasteiger partial charge < -0.3 is 5.73 Å². The molecule has 20 heavy (non-hydrogen) atoms. The van der Waals surface area contributed by atoms with Crippen molar-refractivity contribution in [1.82, 2.24) is 4.72 Å². The number of anilines is 1. The van der Waals surface area contributed by atoms with E-state index in [0.29, 0.717) is 12.5 Å². The van der Waals surface area contributed by atoms with Gasteiger partial charge in [-0.15, -0.1) is 0 Å². The standard InChI is InChI=1S/C12H16Cl2N2O2S2/c13-9-1-2-10(11(14)12(9)15)20(17,18)16-7-8-3-5-19-6-4-8/h1-2,8,16H,3-7,15H2. The van der Waals surface area contributed by atoms with Crippen LogP contribution >= 0.6 is 35.0 Å². The summed E-state index contributed by atoms with van der Waals surface area (Å²) < 4.78 is 27.1. The Hall–Kier alpha value is -0.140. The van der Waals surface area contributed by atoms with Crippen molar-refractivity contribution in [2.75, 3.05) is 23.8 Å². The van der Waals surface area contributed by atoms with Crippen LogP contribution in [0.25, 0.3) is 0 Å². The number of rotatable bonds is 4. The smallest absolute Gasteiger partial charge is 0.242 e. The number of thioether (sulfide) groups is 1. The minimum Gasteiger partial charge on any atom is -0.396 e. The van der Waals surface area contributed by atoms with Crippen LogP contribution in [-0.2, 0) is 10.0 Å². The molecule has 1 aromatic rings. The third-order valence-electron chi connectivity index (χ3n) is 3.28. The third kappa shape index (κ3) is 3.74. The summed E-state index contributed by atoms with van der Waals surface area (Å²) in [5, 5.41) is 0.224. The van der Waals surface area contributed by atoms with Crippen LogP contribution in [0.4, 0.5) is 5.69 Å². The maximum Gasteiger partial charge on any atom is 0.242 e. The van der Waals surface area contributed by atoms with E-state index >= 15 is 0 Å². The molecule has 0 amide bonds. The van der Waals surface area contributed by atoms with Crippen LogP contribution in [0.3, 0.4) is 0 Å². The quantitative estimate of drug-likeness (QED) is 0.815. The Bertz CT molecular complexity index is 587. The summed E-state index contributed by atoms with van der Waals surface area (Å²) in [7, 11) is -3.66. The molecule has 2 rings (SSSR count). The Morgan fingerprint density at radius 3 is 2.60 bits per heavy atom. The maximum absolute atomic E-state index is 12.3. The van der Waals surface area contributed by atoms with Crippen molar-refractivity contribution in [2.24, 2.45) is 5.92 Å². The highest BCUT2D eigenvalue weighted by Crippen LogP contribution is 2.33. The SMILES string of the molecule is Nc1c(Cl)ccc(S(=O)(=O)NCC2CCSCC2)c1Cl. The Labute approximate surface area is 133 Å². The summed E-state index contributed by atoms with van der Waals surface area (Å²) in [5.74, 6) is 2.55. The molecule has 1 saturated heterocycles. The van der Waals surface area contributed by atoms with Gasteiger partial charge in [0.25, 0.3) is 0 Å². The second-order valence-electron chi connectivity index (χ2n) is 4.68. The minimum atomic E-state index is -3.66. The molecule has 0 bridgehead atoms. The molecule has 0 spiro atoms. The monoisotopic (exact) mass is 354 g/mol. The fourth-order valence-electron chi connectivity index (χ4n) is 2.01. The number of sulfonamides is 1. The lowest BCUT2D eigenvalue weighted by Gasteiger charge is -2.21. The number of nitrogen functional groups attached to an aromatic ring is 1. The first kappa shape index (κ1) is 16.2. The topological polar surface area (TPSA) is 72.2 Å². The second-order valence-corrected chi connectivity index (χ2v) is 8.43. The van der Waals surface area contributed by atoms with E-state index in [-0.39, 0.29) is 20.6 Å². The number of benzene rings is 1. The van der Waals surface area contributed by atoms with Crippen molar-refractivity contribution in [3.8, 4) is 0 Å². The number of nitrogens with one attached hydrogen (secondary N) is 1. The Morgan fingerprint density at radius 2 is 1.95 bits per heavy atom. The molecule has 8 heteroatoms. The Kier molecular flexibility index (Phi) is 5.48. The molecule has 0 aromatic heterocycles. The molecular weight excluding hydrogens is 339 g/mol. The van der Waals surface area contributed by atoms with Crippen LogP contribution in [0.5, 0.6) is 0 Å². The van der Waals surface area contributed by atoms with Crippen molar-refractivity contribution >= 4 is 50.7 Å². The van der Waals surface area contributed by atoms with Crippen LogP contribution < -0.4 is 10.5 Å². The molecule has 0 aliphatic carbocycles. The van der Waals surface area contributed by atoms with Gasteiger partial charge in [-0.3, -0.25) is 0 Å². The zero-order valence-corrected chi connectivity index (χ0v) is 13.9. The van der Waals surface area contributed by atoms with E-state index in [1.54, 1.807) is 0 Å². The lowest BCUT2D eigenvalue weighted by Crippen LogP contribution is -2.31. The molecule has 0 saturated carbocycles. The first-order valence-corrected chi connectivity index (χ1v) is 9.62. The molecular formula is C12H16Cl2N2O2S2. The zero-order chi connectivity index (χ0) is 14.8. The fraction of sp³-hybridized carbons (Fsp3) is 0.500. The molecule has 1 aliphatic rings. The van der Waals surface area contributed by atoms with Gasteiger partial charge in [0, 0.05) is 6.54 Å². The predicted octanol–water partition coefficient (Wildman–Crippen LogP) is 3.00. The Balaban J connectivity index is 2.12. The van der Waals surface area contributed by atoms with Crippen LogP contribution in [0.15, 0.2) is 17.0 Å². The molecule has 1 fully saturated rings. The summed E-state index contributed by atoms with van der Waals surface area (Å²) in [4.78, 5) is -0.0220. The van der Waals surface area contributed by atoms with Gasteiger partial charge in [0.2, 0.25) is 10.0 Å². The van der Waals surface area contributed by atoms with Gasteiger partial charge in [0.05, 0.1) is 15.7 Å². The van der Waals surface area contributed by atoms with Crippen molar-refractivity contribution in [3.05, 3.63) is 22.2 Å². The van der Waals surface area contributed by atoms with Gasteiger partial charge in [0.15, 0.2) is 0 Å². The molecule has 1 heterocycles. The lowest BCUT2D eigenvalue weighted by atomic mass is 10.0. The van der Waals surface area contributed by atoms with E-state index < -0.39 is 10.0 Å². The van der Waals surface area contributed by atoms with Crippen molar-refractivity contribution in [2.45, 2.75) is 17.7 Å². The normalized spacial score (nSPS) is 17.3. The van der Waals surface area contributed by atoms with Gasteiger partial charge in [0.1, 0.15) is 4.90 Å². The number of halogens is 2. The largest absolute Gasteiger partial charge is 0.396 e. The summed E-state index contributed by atoms with van der Waals surface area (Å²) in [5.41, 5.74) is 5.75. The first-order chi connectivity index (χ1) is 9.42. The number of hydrogen-bond acceptors (Lipinski definition) is 4. The molecule has 0 radical (unpaired) electrons. The maximum atomic E-state index is 12.3. The molecule has 3 N–H and O–H groups in total. The summed E-state index contributed by atoms with van der Waals surface area (Å²) in [6, 6.07) is 2.81. The van der Waals surface area contributed by atoms with Gasteiger partial charge >= 0.3 is 0 Å². The average molecular weight is 355 g/mol. The minimum absolute atomic E-state index is 0.0220. The first-order valence-electron chi connectivity index (χ1n) is 6.22. The molecule has 1 aromatic carbocycles. The van der Waals surface area contributed by atoms with E-state index in [4.69, 9.17) is 28.9 Å². The van der Waals surface area contributed by atoms with Gasteiger partial charge in [-0.2, -0.15) is 11.8 Å². The van der Waals surface area contributed by atoms with Crippen molar-refractivity contribution in [1.29, 1.82) is 0 Å². The van der Waals surface area contributed by atoms with Gasteiger partial charge in [-0.1, -0.05) is 23.2 Å². The number of hydrogen-bond donors (Lipinski definition) is 2. The van der Waals surface area contributed by atoms with Crippen molar-refractivity contribution in [3.63, 3.8) is 0 Å². The van der Waals surface area contributed by atoms with E-state index in [2.05, 4.69) is 4.72 Å². The van der Waals surface area contributed by atoms with Crippen LogP contribution in [0, 0.1) is 5.92 Å². The van der Waals surface area contributed by atoms with E-state index in [9.17, 15) is 8.42 Å². The summed E-state index contributed by atoms with van der Waals surface area (Å²) in [6.07, 6.45) is 2.06. The van der Waals surface area contributed by atoms with E-state index in [0.717, 1.165) is 24.3 Å². The van der Waals surface area contributed by atoms with Gasteiger partial charge in [-0.05, 0) is 42.4 Å². The average Bonchev–Trinajstić information content (AvgIpc) is 2.44. The summed E-state index contributed by atoms with van der Waals surface area (Å²) >= 11 is 13.7. The highest BCUT2D eigenvalue weighted by molar-refractivity contribution is 7.99. The zero-order valence-electron chi connectivity index (χ0n) is 10.7. The number of nitrogens with two attached hydrogens (primary N) is 1. The molecule has 0 unspecified atom stereocenters. The molecule has 4 nitrogen and oxygen atoms in total. The van der Waals surface area contributed by atoms with Gasteiger partial charge in [-0.25, -0.2) is 13.1 Å². The highest BCUT2D eigenvalue weighted by Gasteiger charge is 2.22. The van der Waals surface area contributed by atoms with Crippen LogP contribution in [0.1, 0.15) is 12.8 Å². The van der Waals surface area contributed by atoms with E-state index in [1.807, 2.05) is 11.8 Å².